The second-order valence-corrected chi connectivity index (χ2v) is 7.79. The number of benzene rings is 3. The number of ether oxygens (including phenoxy) is 2. The summed E-state index contributed by atoms with van der Waals surface area (Å²) in [5, 5.41) is 3.64. The molecule has 4 rings (SSSR count). The Kier molecular flexibility index (Phi) is 6.07. The highest BCUT2D eigenvalue weighted by molar-refractivity contribution is 6.46. The van der Waals surface area contributed by atoms with Gasteiger partial charge in [-0.25, -0.2) is 9.29 Å². The number of hydrogen-bond donors (Lipinski definition) is 1. The summed E-state index contributed by atoms with van der Waals surface area (Å²) in [7, 11) is 2.95. The highest BCUT2D eigenvalue weighted by Crippen LogP contribution is 2.37. The SMILES string of the molecule is COc1cc(OC)cc(N2C(=O)C(Nc3ccc(Cl)cc3C)=C(c3ccc(F)cc3)C2=O)c1. The molecule has 0 spiro atoms. The van der Waals surface area contributed by atoms with E-state index in [1.54, 1.807) is 36.4 Å². The molecule has 2 amide bonds. The number of nitrogens with zero attached hydrogens (tertiary/aromatic N) is 1. The quantitative estimate of drug-likeness (QED) is 0.506. The molecular weight excluding hydrogens is 447 g/mol. The van der Waals surface area contributed by atoms with Crippen LogP contribution in [0, 0.1) is 12.7 Å². The number of anilines is 2. The molecule has 0 saturated carbocycles. The van der Waals surface area contributed by atoms with Gasteiger partial charge >= 0.3 is 0 Å². The van der Waals surface area contributed by atoms with E-state index in [0.29, 0.717) is 27.8 Å². The van der Waals surface area contributed by atoms with E-state index in [0.717, 1.165) is 10.5 Å². The Bertz CT molecular complexity index is 1270. The average molecular weight is 467 g/mol. The average Bonchev–Trinajstić information content (AvgIpc) is 3.05. The van der Waals surface area contributed by atoms with Gasteiger partial charge in [-0.1, -0.05) is 23.7 Å². The van der Waals surface area contributed by atoms with Crippen molar-refractivity contribution >= 4 is 40.4 Å². The summed E-state index contributed by atoms with van der Waals surface area (Å²) in [6.07, 6.45) is 0. The molecule has 1 aliphatic rings. The predicted molar refractivity (Wildman–Crippen MR) is 125 cm³/mol. The Hall–Kier alpha value is -3.84. The summed E-state index contributed by atoms with van der Waals surface area (Å²) >= 11 is 6.06. The van der Waals surface area contributed by atoms with Crippen molar-refractivity contribution in [1.29, 1.82) is 0 Å². The first-order chi connectivity index (χ1) is 15.8. The van der Waals surface area contributed by atoms with Crippen molar-refractivity contribution in [3.05, 3.63) is 88.3 Å². The second-order valence-electron chi connectivity index (χ2n) is 7.36. The van der Waals surface area contributed by atoms with Gasteiger partial charge in [-0.05, 0) is 48.4 Å². The van der Waals surface area contributed by atoms with Crippen LogP contribution in [0.1, 0.15) is 11.1 Å². The standard InChI is InChI=1S/C25H20ClFN2O4/c1-14-10-16(26)6-9-21(14)28-23-22(15-4-7-17(27)8-5-15)24(30)29(25(23)31)18-11-19(32-2)13-20(12-18)33-3/h4-13,28H,1-3H3. The van der Waals surface area contributed by atoms with Crippen LogP contribution in [0.2, 0.25) is 5.02 Å². The molecule has 3 aromatic rings. The van der Waals surface area contributed by atoms with E-state index < -0.39 is 17.6 Å². The fourth-order valence-corrected chi connectivity index (χ4v) is 3.81. The van der Waals surface area contributed by atoms with Crippen molar-refractivity contribution in [3.8, 4) is 11.5 Å². The zero-order chi connectivity index (χ0) is 23.7. The first kappa shape index (κ1) is 22.4. The third-order valence-electron chi connectivity index (χ3n) is 5.26. The van der Waals surface area contributed by atoms with Crippen LogP contribution in [0.4, 0.5) is 15.8 Å². The fraction of sp³-hybridized carbons (Fsp3) is 0.120. The molecule has 168 valence electrons. The van der Waals surface area contributed by atoms with Crippen LogP contribution in [0.25, 0.3) is 5.57 Å². The van der Waals surface area contributed by atoms with Crippen LogP contribution in [-0.2, 0) is 9.59 Å². The van der Waals surface area contributed by atoms with Crippen molar-refractivity contribution in [2.75, 3.05) is 24.4 Å². The number of carbonyl (C=O) groups is 2. The maximum Gasteiger partial charge on any atom is 0.282 e. The minimum absolute atomic E-state index is 0.0683. The number of nitrogens with one attached hydrogen (secondary N) is 1. The van der Waals surface area contributed by atoms with Gasteiger partial charge in [-0.15, -0.1) is 0 Å². The number of aryl methyl sites for hydroxylation is 1. The number of carbonyl (C=O) groups excluding carboxylic acids is 2. The van der Waals surface area contributed by atoms with Crippen LogP contribution in [0.15, 0.2) is 66.4 Å². The largest absolute Gasteiger partial charge is 0.497 e. The molecule has 8 heteroatoms. The highest BCUT2D eigenvalue weighted by atomic mass is 35.5. The lowest BCUT2D eigenvalue weighted by atomic mass is 10.0. The predicted octanol–water partition coefficient (Wildman–Crippen LogP) is 5.20. The number of hydrogen-bond acceptors (Lipinski definition) is 5. The maximum absolute atomic E-state index is 13.6. The summed E-state index contributed by atoms with van der Waals surface area (Å²) in [6.45, 7) is 1.83. The van der Waals surface area contributed by atoms with Crippen molar-refractivity contribution in [2.24, 2.45) is 0 Å². The number of imide groups is 1. The molecule has 0 aromatic heterocycles. The minimum Gasteiger partial charge on any atom is -0.497 e. The number of amides is 2. The van der Waals surface area contributed by atoms with Crippen LogP contribution in [0.3, 0.4) is 0 Å². The van der Waals surface area contributed by atoms with Crippen molar-refractivity contribution in [2.45, 2.75) is 6.92 Å². The molecule has 33 heavy (non-hydrogen) atoms. The van der Waals surface area contributed by atoms with Gasteiger partial charge in [-0.3, -0.25) is 9.59 Å². The molecule has 1 aliphatic heterocycles. The molecule has 0 fully saturated rings. The monoisotopic (exact) mass is 466 g/mol. The molecule has 1 N–H and O–H groups in total. The Labute approximate surface area is 195 Å². The lowest BCUT2D eigenvalue weighted by Gasteiger charge is -2.17. The van der Waals surface area contributed by atoms with Crippen LogP contribution in [-0.4, -0.2) is 26.0 Å². The van der Waals surface area contributed by atoms with Crippen molar-refractivity contribution in [1.82, 2.24) is 0 Å². The normalized spacial score (nSPS) is 13.5. The van der Waals surface area contributed by atoms with Gasteiger partial charge in [0.1, 0.15) is 23.0 Å². The fourth-order valence-electron chi connectivity index (χ4n) is 3.59. The molecule has 0 aliphatic carbocycles. The molecule has 3 aromatic carbocycles. The van der Waals surface area contributed by atoms with E-state index in [1.807, 2.05) is 6.92 Å². The summed E-state index contributed by atoms with van der Waals surface area (Å²) in [5.74, 6) is -0.736. The number of methoxy groups -OCH3 is 2. The van der Waals surface area contributed by atoms with Gasteiger partial charge in [-0.2, -0.15) is 0 Å². The van der Waals surface area contributed by atoms with Crippen LogP contribution >= 0.6 is 11.6 Å². The van der Waals surface area contributed by atoms with E-state index in [2.05, 4.69) is 5.32 Å². The van der Waals surface area contributed by atoms with Gasteiger partial charge in [0.25, 0.3) is 11.8 Å². The van der Waals surface area contributed by atoms with E-state index in [4.69, 9.17) is 21.1 Å². The minimum atomic E-state index is -0.566. The van der Waals surface area contributed by atoms with E-state index in [-0.39, 0.29) is 17.0 Å². The van der Waals surface area contributed by atoms with E-state index in [9.17, 15) is 14.0 Å². The molecule has 0 radical (unpaired) electrons. The lowest BCUT2D eigenvalue weighted by molar-refractivity contribution is -0.120. The highest BCUT2D eigenvalue weighted by Gasteiger charge is 2.40. The van der Waals surface area contributed by atoms with Gasteiger partial charge < -0.3 is 14.8 Å². The second kappa shape index (κ2) is 8.96. The Balaban J connectivity index is 1.85. The van der Waals surface area contributed by atoms with Gasteiger partial charge in [0.15, 0.2) is 0 Å². The summed E-state index contributed by atoms with van der Waals surface area (Å²) in [4.78, 5) is 28.1. The summed E-state index contributed by atoms with van der Waals surface area (Å²) < 4.78 is 24.1. The first-order valence-electron chi connectivity index (χ1n) is 9.97. The summed E-state index contributed by atoms with van der Waals surface area (Å²) in [5.41, 5.74) is 2.28. The summed E-state index contributed by atoms with van der Waals surface area (Å²) in [6, 6.07) is 15.3. The van der Waals surface area contributed by atoms with Crippen molar-refractivity contribution < 1.29 is 23.5 Å². The third-order valence-corrected chi connectivity index (χ3v) is 5.49. The third kappa shape index (κ3) is 4.27. The molecule has 1 heterocycles. The van der Waals surface area contributed by atoms with Gasteiger partial charge in [0.05, 0.1) is 25.5 Å². The molecule has 0 atom stereocenters. The lowest BCUT2D eigenvalue weighted by Crippen LogP contribution is -2.32. The number of rotatable bonds is 6. The topological polar surface area (TPSA) is 67.9 Å². The number of halogens is 2. The maximum atomic E-state index is 13.6. The Morgan fingerprint density at radius 3 is 2.09 bits per heavy atom. The first-order valence-corrected chi connectivity index (χ1v) is 10.4. The van der Waals surface area contributed by atoms with E-state index >= 15 is 0 Å². The van der Waals surface area contributed by atoms with Crippen molar-refractivity contribution in [3.63, 3.8) is 0 Å². The Morgan fingerprint density at radius 2 is 1.52 bits per heavy atom. The smallest absolute Gasteiger partial charge is 0.282 e. The Morgan fingerprint density at radius 1 is 0.879 bits per heavy atom. The van der Waals surface area contributed by atoms with Crippen LogP contribution < -0.4 is 19.7 Å². The molecule has 0 bridgehead atoms. The zero-order valence-corrected chi connectivity index (χ0v) is 18.9. The van der Waals surface area contributed by atoms with Crippen LogP contribution in [0.5, 0.6) is 11.5 Å². The molecule has 0 unspecified atom stereocenters. The molecule has 6 nitrogen and oxygen atoms in total. The zero-order valence-electron chi connectivity index (χ0n) is 18.1. The molecule has 0 saturated heterocycles. The van der Waals surface area contributed by atoms with Gasteiger partial charge in [0.2, 0.25) is 0 Å². The molecular formula is C25H20ClFN2O4. The van der Waals surface area contributed by atoms with E-state index in [1.165, 1.54) is 38.5 Å². The van der Waals surface area contributed by atoms with Gasteiger partial charge in [0, 0.05) is 28.9 Å².